The molecule has 1 atom stereocenters. The van der Waals surface area contributed by atoms with Gasteiger partial charge in [0.2, 0.25) is 0 Å². The van der Waals surface area contributed by atoms with Crippen molar-refractivity contribution in [1.29, 1.82) is 0 Å². The Labute approximate surface area is 57.4 Å². The number of carbonyl (C=O) groups excluding carboxylic acids is 1. The van der Waals surface area contributed by atoms with Gasteiger partial charge in [-0.15, -0.1) is 0 Å². The van der Waals surface area contributed by atoms with Crippen molar-refractivity contribution in [3.05, 3.63) is 0 Å². The van der Waals surface area contributed by atoms with Crippen LogP contribution < -0.4 is 11.3 Å². The Morgan fingerprint density at radius 3 is 1.88 bits per heavy atom. The molecular weight excluding hydrogens is 157 g/mol. The van der Waals surface area contributed by atoms with Crippen molar-refractivity contribution in [1.82, 2.24) is 6.15 Å². The number of quaternary nitrogens is 1. The van der Waals surface area contributed by atoms with Crippen LogP contribution in [0.1, 0.15) is 6.92 Å². The number of aliphatic carboxylic acids is 1. The third kappa shape index (κ3) is 9.30. The molecule has 0 fully saturated rings. The van der Waals surface area contributed by atoms with E-state index in [0.717, 1.165) is 6.92 Å². The normalized spacial score (nSPS) is 10.2. The van der Waals surface area contributed by atoms with Crippen molar-refractivity contribution in [2.75, 3.05) is 0 Å². The van der Waals surface area contributed by atoms with Crippen LogP contribution in [0.4, 0.5) is 0 Å². The SMILES string of the molecule is CC(O)C(=O)[O-].[NH4+].[Ni]. The molecule has 0 aliphatic carbocycles. The van der Waals surface area contributed by atoms with Crippen LogP contribution in [0.25, 0.3) is 0 Å². The smallest absolute Gasteiger partial charge is 0.0905 e. The molecule has 5 heteroatoms. The Balaban J connectivity index is -0.000000125. The van der Waals surface area contributed by atoms with Gasteiger partial charge >= 0.3 is 0 Å². The first-order valence-corrected chi connectivity index (χ1v) is 1.53. The maximum atomic E-state index is 9.34. The Morgan fingerprint density at radius 2 is 1.88 bits per heavy atom. The number of carbonyl (C=O) groups is 1. The number of hydrogen-bond acceptors (Lipinski definition) is 3. The van der Waals surface area contributed by atoms with E-state index in [2.05, 4.69) is 0 Å². The first-order valence-electron chi connectivity index (χ1n) is 1.53. The van der Waals surface area contributed by atoms with Crippen LogP contribution in [-0.2, 0) is 21.3 Å². The van der Waals surface area contributed by atoms with Gasteiger partial charge in [0, 0.05) is 16.5 Å². The summed E-state index contributed by atoms with van der Waals surface area (Å²) in [6.07, 6.45) is -1.34. The van der Waals surface area contributed by atoms with Crippen molar-refractivity contribution >= 4 is 5.97 Å². The summed E-state index contributed by atoms with van der Waals surface area (Å²) in [6, 6.07) is 0. The van der Waals surface area contributed by atoms with Crippen LogP contribution in [0.3, 0.4) is 0 Å². The van der Waals surface area contributed by atoms with Crippen LogP contribution in [0, 0.1) is 0 Å². The van der Waals surface area contributed by atoms with Crippen molar-refractivity contribution in [2.24, 2.45) is 0 Å². The molecule has 8 heavy (non-hydrogen) atoms. The summed E-state index contributed by atoms with van der Waals surface area (Å²) in [7, 11) is 0. The molecule has 5 N–H and O–H groups in total. The predicted molar refractivity (Wildman–Crippen MR) is 22.7 cm³/mol. The Bertz CT molecular complexity index is 65.5. The average molecular weight is 166 g/mol. The summed E-state index contributed by atoms with van der Waals surface area (Å²) < 4.78 is 0. The van der Waals surface area contributed by atoms with E-state index >= 15 is 0 Å². The molecule has 4 nitrogen and oxygen atoms in total. The van der Waals surface area contributed by atoms with Crippen molar-refractivity contribution in [2.45, 2.75) is 13.0 Å². The van der Waals surface area contributed by atoms with Crippen LogP contribution in [-0.4, -0.2) is 17.2 Å². The molecule has 1 unspecified atom stereocenters. The van der Waals surface area contributed by atoms with E-state index < -0.39 is 12.1 Å². The summed E-state index contributed by atoms with van der Waals surface area (Å²) in [5.74, 6) is -1.44. The standard InChI is InChI=1S/C3H6O3.H3N.Ni/c1-2(4)3(5)6;;/h2,4H,1H3,(H,5,6);1H3;. The van der Waals surface area contributed by atoms with E-state index in [9.17, 15) is 9.90 Å². The molecule has 0 spiro atoms. The summed E-state index contributed by atoms with van der Waals surface area (Å²) >= 11 is 0. The van der Waals surface area contributed by atoms with E-state index in [1.54, 1.807) is 0 Å². The molecule has 0 aromatic rings. The molecule has 0 rings (SSSR count). The second kappa shape index (κ2) is 6.88. The van der Waals surface area contributed by atoms with Gasteiger partial charge in [-0.2, -0.15) is 0 Å². The maximum Gasteiger partial charge on any atom is 0.0905 e. The van der Waals surface area contributed by atoms with E-state index in [0.29, 0.717) is 0 Å². The molecule has 54 valence electrons. The van der Waals surface area contributed by atoms with E-state index in [-0.39, 0.29) is 22.6 Å². The fraction of sp³-hybridized carbons (Fsp3) is 0.667. The Kier molecular flexibility index (Phi) is 13.5. The van der Waals surface area contributed by atoms with Gasteiger partial charge in [0.25, 0.3) is 0 Å². The maximum absolute atomic E-state index is 9.34. The minimum Gasteiger partial charge on any atom is -0.547 e. The molecular formula is C3H9NNiO3. The number of aliphatic hydroxyl groups is 1. The number of hydrogen-bond donors (Lipinski definition) is 2. The molecule has 0 aromatic heterocycles. The van der Waals surface area contributed by atoms with Gasteiger partial charge in [-0.25, -0.2) is 0 Å². The van der Waals surface area contributed by atoms with Gasteiger partial charge in [0.05, 0.1) is 12.1 Å². The fourth-order valence-electron chi connectivity index (χ4n) is 0. The number of carboxylic acid groups (broad SMARTS) is 1. The van der Waals surface area contributed by atoms with Gasteiger partial charge in [-0.05, 0) is 6.92 Å². The number of aliphatic hydroxyl groups excluding tert-OH is 1. The molecule has 0 amide bonds. The zero-order valence-electron chi connectivity index (χ0n) is 4.66. The molecule has 0 bridgehead atoms. The third-order valence-corrected chi connectivity index (χ3v) is 0.341. The summed E-state index contributed by atoms with van der Waals surface area (Å²) in [5, 5.41) is 17.3. The van der Waals surface area contributed by atoms with Gasteiger partial charge < -0.3 is 21.2 Å². The van der Waals surface area contributed by atoms with Crippen molar-refractivity contribution in [3.63, 3.8) is 0 Å². The zero-order chi connectivity index (χ0) is 5.15. The van der Waals surface area contributed by atoms with Crippen LogP contribution >= 0.6 is 0 Å². The molecule has 0 radical (unpaired) electrons. The van der Waals surface area contributed by atoms with Crippen LogP contribution in [0.2, 0.25) is 0 Å². The second-order valence-corrected chi connectivity index (χ2v) is 0.995. The number of rotatable bonds is 1. The first-order chi connectivity index (χ1) is 2.64. The van der Waals surface area contributed by atoms with Crippen LogP contribution in [0.15, 0.2) is 0 Å². The quantitative estimate of drug-likeness (QED) is 0.463. The minimum atomic E-state index is -1.44. The number of carboxylic acids is 1. The van der Waals surface area contributed by atoms with Crippen LogP contribution in [0.5, 0.6) is 0 Å². The average Bonchev–Trinajstić information content (AvgIpc) is 1.36. The zero-order valence-corrected chi connectivity index (χ0v) is 5.64. The molecule has 0 aromatic carbocycles. The van der Waals surface area contributed by atoms with E-state index in [4.69, 9.17) is 5.11 Å². The summed E-state index contributed by atoms with van der Waals surface area (Å²) in [4.78, 5) is 9.34. The largest absolute Gasteiger partial charge is 0.547 e. The van der Waals surface area contributed by atoms with E-state index in [1.807, 2.05) is 0 Å². The molecule has 0 saturated carbocycles. The van der Waals surface area contributed by atoms with Gasteiger partial charge in [-0.1, -0.05) is 0 Å². The second-order valence-electron chi connectivity index (χ2n) is 0.995. The summed E-state index contributed by atoms with van der Waals surface area (Å²) in [6.45, 7) is 1.13. The molecule has 0 aliphatic heterocycles. The Morgan fingerprint density at radius 1 is 1.75 bits per heavy atom. The third-order valence-electron chi connectivity index (χ3n) is 0.341. The summed E-state index contributed by atoms with van der Waals surface area (Å²) in [5.41, 5.74) is 0. The molecule has 0 aliphatic rings. The predicted octanol–water partition coefficient (Wildman–Crippen LogP) is -1.51. The van der Waals surface area contributed by atoms with Crippen molar-refractivity contribution in [3.8, 4) is 0 Å². The topological polar surface area (TPSA) is 96.9 Å². The molecule has 0 saturated heterocycles. The minimum absolute atomic E-state index is 0. The van der Waals surface area contributed by atoms with Crippen molar-refractivity contribution < 1.29 is 31.5 Å². The van der Waals surface area contributed by atoms with Gasteiger partial charge in [0.15, 0.2) is 0 Å². The Hall–Kier alpha value is -0.116. The van der Waals surface area contributed by atoms with Gasteiger partial charge in [0.1, 0.15) is 0 Å². The fourth-order valence-corrected chi connectivity index (χ4v) is 0. The van der Waals surface area contributed by atoms with E-state index in [1.165, 1.54) is 0 Å². The first kappa shape index (κ1) is 15.7. The molecule has 0 heterocycles. The van der Waals surface area contributed by atoms with Gasteiger partial charge in [-0.3, -0.25) is 0 Å². The monoisotopic (exact) mass is 165 g/mol.